The number of hydrogen-bond acceptors (Lipinski definition) is 4. The first-order chi connectivity index (χ1) is 14.6. The van der Waals surface area contributed by atoms with Gasteiger partial charge >= 0.3 is 0 Å². The molecule has 1 aliphatic rings. The SMILES string of the molecule is CCn1cc(C(=O)N2CCC[C@H](C(=O)c3ccc(Oc4ccccc4)cc3)C2)cn1. The molecule has 0 aliphatic carbocycles. The summed E-state index contributed by atoms with van der Waals surface area (Å²) in [5.74, 6) is 1.27. The molecule has 1 amide bonds. The van der Waals surface area contributed by atoms with E-state index in [1.165, 1.54) is 0 Å². The molecular weight excluding hydrogens is 378 g/mol. The van der Waals surface area contributed by atoms with E-state index in [-0.39, 0.29) is 17.6 Å². The van der Waals surface area contributed by atoms with Gasteiger partial charge in [-0.25, -0.2) is 0 Å². The molecular formula is C24H25N3O3. The maximum atomic E-state index is 13.0. The third kappa shape index (κ3) is 4.43. The number of Topliss-reactive ketones (excluding diaryl/α,β-unsaturated/α-hetero) is 1. The molecule has 0 saturated carbocycles. The summed E-state index contributed by atoms with van der Waals surface area (Å²) in [4.78, 5) is 27.6. The zero-order valence-electron chi connectivity index (χ0n) is 17.0. The second-order valence-electron chi connectivity index (χ2n) is 7.48. The van der Waals surface area contributed by atoms with Crippen LogP contribution in [0.1, 0.15) is 40.5 Å². The van der Waals surface area contributed by atoms with Crippen LogP contribution in [-0.2, 0) is 6.54 Å². The van der Waals surface area contributed by atoms with Crippen LogP contribution in [0.4, 0.5) is 0 Å². The Morgan fingerprint density at radius 1 is 1.03 bits per heavy atom. The maximum Gasteiger partial charge on any atom is 0.257 e. The highest BCUT2D eigenvalue weighted by Gasteiger charge is 2.30. The third-order valence-corrected chi connectivity index (χ3v) is 5.40. The molecule has 0 bridgehead atoms. The first-order valence-corrected chi connectivity index (χ1v) is 10.3. The zero-order valence-corrected chi connectivity index (χ0v) is 17.0. The molecule has 6 heteroatoms. The van der Waals surface area contributed by atoms with Gasteiger partial charge in [0.2, 0.25) is 0 Å². The van der Waals surface area contributed by atoms with Crippen molar-refractivity contribution in [2.45, 2.75) is 26.3 Å². The number of carbonyl (C=O) groups is 2. The molecule has 2 aromatic carbocycles. The number of carbonyl (C=O) groups excluding carboxylic acids is 2. The highest BCUT2D eigenvalue weighted by molar-refractivity contribution is 5.99. The molecule has 1 fully saturated rings. The van der Waals surface area contributed by atoms with Crippen LogP contribution < -0.4 is 4.74 Å². The minimum absolute atomic E-state index is 0.0567. The Bertz CT molecular complexity index is 1010. The van der Waals surface area contributed by atoms with Crippen LogP contribution >= 0.6 is 0 Å². The van der Waals surface area contributed by atoms with Crippen molar-refractivity contribution in [2.75, 3.05) is 13.1 Å². The number of likely N-dealkylation sites (tertiary alicyclic amines) is 1. The van der Waals surface area contributed by atoms with Crippen LogP contribution in [0.3, 0.4) is 0 Å². The standard InChI is InChI=1S/C24H25N3O3/c1-2-27-17-20(15-25-27)24(29)26-14-6-7-19(16-26)23(28)18-10-12-22(13-11-18)30-21-8-4-3-5-9-21/h3-5,8-13,15,17,19H,2,6-7,14,16H2,1H3/t19-/m0/s1. The van der Waals surface area contributed by atoms with E-state index in [1.54, 1.807) is 34.1 Å². The van der Waals surface area contributed by atoms with Gasteiger partial charge in [0.15, 0.2) is 5.78 Å². The Labute approximate surface area is 176 Å². The molecule has 2 heterocycles. The summed E-state index contributed by atoms with van der Waals surface area (Å²) >= 11 is 0. The Morgan fingerprint density at radius 2 is 1.77 bits per heavy atom. The Morgan fingerprint density at radius 3 is 2.47 bits per heavy atom. The van der Waals surface area contributed by atoms with Gasteiger partial charge in [-0.05, 0) is 56.2 Å². The molecule has 1 aromatic heterocycles. The van der Waals surface area contributed by atoms with Crippen LogP contribution in [0, 0.1) is 5.92 Å². The number of nitrogens with zero attached hydrogens (tertiary/aromatic N) is 3. The van der Waals surface area contributed by atoms with E-state index >= 15 is 0 Å². The minimum atomic E-state index is -0.190. The predicted molar refractivity (Wildman–Crippen MR) is 114 cm³/mol. The smallest absolute Gasteiger partial charge is 0.257 e. The molecule has 4 rings (SSSR count). The molecule has 0 unspecified atom stereocenters. The predicted octanol–water partition coefficient (Wildman–Crippen LogP) is 4.43. The number of para-hydroxylation sites is 1. The van der Waals surface area contributed by atoms with Crippen LogP contribution in [0.25, 0.3) is 0 Å². The number of aryl methyl sites for hydroxylation is 1. The van der Waals surface area contributed by atoms with Gasteiger partial charge in [0.25, 0.3) is 5.91 Å². The normalized spacial score (nSPS) is 16.3. The Hall–Kier alpha value is -3.41. The molecule has 1 saturated heterocycles. The Kier molecular flexibility index (Phi) is 5.93. The number of rotatable bonds is 6. The van der Waals surface area contributed by atoms with Crippen LogP contribution in [0.5, 0.6) is 11.5 Å². The van der Waals surface area contributed by atoms with Crippen molar-refractivity contribution in [2.24, 2.45) is 5.92 Å². The summed E-state index contributed by atoms with van der Waals surface area (Å²) < 4.78 is 7.53. The second-order valence-corrected chi connectivity index (χ2v) is 7.48. The monoisotopic (exact) mass is 403 g/mol. The number of hydrogen-bond donors (Lipinski definition) is 0. The first-order valence-electron chi connectivity index (χ1n) is 10.3. The largest absolute Gasteiger partial charge is 0.457 e. The lowest BCUT2D eigenvalue weighted by Crippen LogP contribution is -2.42. The lowest BCUT2D eigenvalue weighted by atomic mass is 9.89. The van der Waals surface area contributed by atoms with E-state index in [0.717, 1.165) is 25.1 Å². The summed E-state index contributed by atoms with van der Waals surface area (Å²) in [6.45, 7) is 3.81. The van der Waals surface area contributed by atoms with Crippen molar-refractivity contribution in [3.8, 4) is 11.5 Å². The van der Waals surface area contributed by atoms with Crippen molar-refractivity contribution in [1.29, 1.82) is 0 Å². The first kappa shape index (κ1) is 19.9. The topological polar surface area (TPSA) is 64.4 Å². The summed E-state index contributed by atoms with van der Waals surface area (Å²) in [5.41, 5.74) is 1.22. The van der Waals surface area contributed by atoms with Gasteiger partial charge in [0.05, 0.1) is 11.8 Å². The number of piperidine rings is 1. The molecule has 3 aromatic rings. The number of amides is 1. The van der Waals surface area contributed by atoms with Crippen molar-refractivity contribution in [1.82, 2.24) is 14.7 Å². The zero-order chi connectivity index (χ0) is 20.9. The van der Waals surface area contributed by atoms with Gasteiger partial charge in [-0.3, -0.25) is 14.3 Å². The van der Waals surface area contributed by atoms with Crippen molar-refractivity contribution in [3.63, 3.8) is 0 Å². The molecule has 0 N–H and O–H groups in total. The van der Waals surface area contributed by atoms with Gasteiger partial charge in [0.1, 0.15) is 11.5 Å². The van der Waals surface area contributed by atoms with Crippen LogP contribution in [0.2, 0.25) is 0 Å². The van der Waals surface area contributed by atoms with E-state index in [1.807, 2.05) is 49.4 Å². The van der Waals surface area contributed by atoms with E-state index < -0.39 is 0 Å². The van der Waals surface area contributed by atoms with Crippen molar-refractivity contribution >= 4 is 11.7 Å². The van der Waals surface area contributed by atoms with Gasteiger partial charge in [-0.2, -0.15) is 5.10 Å². The van der Waals surface area contributed by atoms with Crippen LogP contribution in [-0.4, -0.2) is 39.5 Å². The summed E-state index contributed by atoms with van der Waals surface area (Å²) in [5, 5.41) is 4.18. The molecule has 154 valence electrons. The average Bonchev–Trinajstić information content (AvgIpc) is 3.29. The summed E-state index contributed by atoms with van der Waals surface area (Å²) in [7, 11) is 0. The molecule has 30 heavy (non-hydrogen) atoms. The van der Waals surface area contributed by atoms with Crippen molar-refractivity contribution < 1.29 is 14.3 Å². The third-order valence-electron chi connectivity index (χ3n) is 5.40. The van der Waals surface area contributed by atoms with Gasteiger partial charge in [-0.15, -0.1) is 0 Å². The van der Waals surface area contributed by atoms with E-state index in [4.69, 9.17) is 4.74 Å². The lowest BCUT2D eigenvalue weighted by molar-refractivity contribution is 0.0637. The van der Waals surface area contributed by atoms with Crippen LogP contribution in [0.15, 0.2) is 67.0 Å². The summed E-state index contributed by atoms with van der Waals surface area (Å²) in [6.07, 6.45) is 4.97. The van der Waals surface area contributed by atoms with Gasteiger partial charge in [0, 0.05) is 37.3 Å². The van der Waals surface area contributed by atoms with E-state index in [2.05, 4.69) is 5.10 Å². The number of ketones is 1. The fourth-order valence-corrected chi connectivity index (χ4v) is 3.75. The maximum absolute atomic E-state index is 13.0. The number of ether oxygens (including phenoxy) is 1. The van der Waals surface area contributed by atoms with E-state index in [9.17, 15) is 9.59 Å². The Balaban J connectivity index is 1.40. The number of aromatic nitrogens is 2. The van der Waals surface area contributed by atoms with Gasteiger partial charge < -0.3 is 9.64 Å². The quantitative estimate of drug-likeness (QED) is 0.571. The van der Waals surface area contributed by atoms with Gasteiger partial charge in [-0.1, -0.05) is 18.2 Å². The highest BCUT2D eigenvalue weighted by Crippen LogP contribution is 2.25. The highest BCUT2D eigenvalue weighted by atomic mass is 16.5. The molecule has 1 atom stereocenters. The molecule has 6 nitrogen and oxygen atoms in total. The van der Waals surface area contributed by atoms with E-state index in [0.29, 0.717) is 30.0 Å². The molecule has 1 aliphatic heterocycles. The minimum Gasteiger partial charge on any atom is -0.457 e. The number of benzene rings is 2. The molecule has 0 spiro atoms. The average molecular weight is 403 g/mol. The summed E-state index contributed by atoms with van der Waals surface area (Å²) in [6, 6.07) is 16.7. The fraction of sp³-hybridized carbons (Fsp3) is 0.292. The van der Waals surface area contributed by atoms with Crippen molar-refractivity contribution in [3.05, 3.63) is 78.1 Å². The lowest BCUT2D eigenvalue weighted by Gasteiger charge is -2.31. The fourth-order valence-electron chi connectivity index (χ4n) is 3.75. The second kappa shape index (κ2) is 8.95. The molecule has 0 radical (unpaired) electrons.